The molecule has 1 aromatic rings. The van der Waals surface area contributed by atoms with Crippen molar-refractivity contribution in [2.24, 2.45) is 11.7 Å². The van der Waals surface area contributed by atoms with Crippen LogP contribution < -0.4 is 5.73 Å². The first-order chi connectivity index (χ1) is 11.8. The third kappa shape index (κ3) is 4.08. The summed E-state index contributed by atoms with van der Waals surface area (Å²) in [4.78, 5) is 14.5. The Morgan fingerprint density at radius 3 is 2.35 bits per heavy atom. The molecule has 1 unspecified atom stereocenters. The van der Waals surface area contributed by atoms with Crippen molar-refractivity contribution in [1.82, 2.24) is 9.21 Å². The summed E-state index contributed by atoms with van der Waals surface area (Å²) in [6.07, 6.45) is 3.47. The number of sulfonamides is 1. The van der Waals surface area contributed by atoms with Gasteiger partial charge in [0.05, 0.1) is 0 Å². The highest BCUT2D eigenvalue weighted by atomic mass is 35.5. The predicted octanol–water partition coefficient (Wildman–Crippen LogP) is 1.99. The van der Waals surface area contributed by atoms with Crippen molar-refractivity contribution >= 4 is 28.3 Å². The van der Waals surface area contributed by atoms with Gasteiger partial charge < -0.3 is 15.1 Å². The van der Waals surface area contributed by atoms with Crippen molar-refractivity contribution in [1.29, 1.82) is 0 Å². The van der Waals surface area contributed by atoms with E-state index < -0.39 is 10.0 Å². The van der Waals surface area contributed by atoms with Crippen molar-refractivity contribution in [2.75, 3.05) is 26.2 Å². The van der Waals surface area contributed by atoms with Gasteiger partial charge in [-0.25, -0.2) is 8.42 Å². The molecule has 0 saturated carbocycles. The van der Waals surface area contributed by atoms with Gasteiger partial charge in [0.1, 0.15) is 10.7 Å². The molecule has 0 aromatic carbocycles. The summed E-state index contributed by atoms with van der Waals surface area (Å²) in [6, 6.07) is 1.52. The lowest BCUT2D eigenvalue weighted by Gasteiger charge is -2.33. The largest absolute Gasteiger partial charge is 0.455 e. The van der Waals surface area contributed by atoms with Gasteiger partial charge in [-0.3, -0.25) is 4.79 Å². The highest BCUT2D eigenvalue weighted by molar-refractivity contribution is 7.89. The van der Waals surface area contributed by atoms with Crippen molar-refractivity contribution in [3.63, 3.8) is 0 Å². The van der Waals surface area contributed by atoms with Crippen LogP contribution in [0.15, 0.2) is 15.4 Å². The van der Waals surface area contributed by atoms with Crippen LogP contribution in [0.3, 0.4) is 0 Å². The molecule has 0 radical (unpaired) electrons. The standard InChI is InChI=1S/C17H27N3O4S.ClH/c1-12(18)14-5-9-19(10-6-14)17(21)15-11-16(13(2)24-15)25(22,23)20-7-3-4-8-20;/h11-12,14H,3-10,18H2,1-2H3;1H. The average Bonchev–Trinajstić information content (AvgIpc) is 3.24. The fraction of sp³-hybridized carbons (Fsp3) is 0.706. The van der Waals surface area contributed by atoms with E-state index in [0.717, 1.165) is 25.7 Å². The number of aryl methyl sites for hydroxylation is 1. The third-order valence-electron chi connectivity index (χ3n) is 5.34. The second-order valence-electron chi connectivity index (χ2n) is 7.13. The molecule has 26 heavy (non-hydrogen) atoms. The van der Waals surface area contributed by atoms with Gasteiger partial charge in [0.2, 0.25) is 10.0 Å². The Kier molecular flexibility index (Phi) is 6.76. The zero-order valence-corrected chi connectivity index (χ0v) is 16.9. The Balaban J connectivity index is 0.00000243. The van der Waals surface area contributed by atoms with Crippen molar-refractivity contribution in [3.05, 3.63) is 17.6 Å². The molecule has 9 heteroatoms. The number of rotatable bonds is 4. The van der Waals surface area contributed by atoms with Crippen molar-refractivity contribution < 1.29 is 17.6 Å². The number of piperidine rings is 1. The molecule has 2 saturated heterocycles. The van der Waals surface area contributed by atoms with Gasteiger partial charge in [-0.1, -0.05) is 0 Å². The van der Waals surface area contributed by atoms with Crippen LogP contribution in [0, 0.1) is 12.8 Å². The first kappa shape index (κ1) is 21.2. The molecule has 3 heterocycles. The van der Waals surface area contributed by atoms with E-state index in [2.05, 4.69) is 0 Å². The quantitative estimate of drug-likeness (QED) is 0.826. The zero-order chi connectivity index (χ0) is 18.2. The fourth-order valence-corrected chi connectivity index (χ4v) is 5.36. The lowest BCUT2D eigenvalue weighted by atomic mass is 9.91. The number of hydrogen-bond donors (Lipinski definition) is 1. The SMILES string of the molecule is Cc1oc(C(=O)N2CCC(C(C)N)CC2)cc1S(=O)(=O)N1CCCC1.Cl. The fourth-order valence-electron chi connectivity index (χ4n) is 3.68. The summed E-state index contributed by atoms with van der Waals surface area (Å²) >= 11 is 0. The highest BCUT2D eigenvalue weighted by Crippen LogP contribution is 2.28. The van der Waals surface area contributed by atoms with Gasteiger partial charge in [-0.05, 0) is 45.4 Å². The van der Waals surface area contributed by atoms with Crippen LogP contribution in [-0.2, 0) is 10.0 Å². The van der Waals surface area contributed by atoms with E-state index in [0.29, 0.717) is 32.1 Å². The van der Waals surface area contributed by atoms with Gasteiger partial charge in [-0.15, -0.1) is 12.4 Å². The molecule has 1 amide bonds. The molecule has 0 spiro atoms. The highest BCUT2D eigenvalue weighted by Gasteiger charge is 2.33. The van der Waals surface area contributed by atoms with Crippen LogP contribution in [0.4, 0.5) is 0 Å². The van der Waals surface area contributed by atoms with Crippen molar-refractivity contribution in [3.8, 4) is 0 Å². The number of furan rings is 1. The first-order valence-corrected chi connectivity index (χ1v) is 10.4. The van der Waals surface area contributed by atoms with E-state index in [4.69, 9.17) is 10.2 Å². The molecule has 2 fully saturated rings. The van der Waals surface area contributed by atoms with Crippen LogP contribution in [0.1, 0.15) is 48.9 Å². The van der Waals surface area contributed by atoms with Crippen LogP contribution in [0.25, 0.3) is 0 Å². The lowest BCUT2D eigenvalue weighted by molar-refractivity contribution is 0.0647. The summed E-state index contributed by atoms with van der Waals surface area (Å²) < 4.78 is 32.4. The van der Waals surface area contributed by atoms with Crippen LogP contribution in [0.5, 0.6) is 0 Å². The normalized spacial score (nSPS) is 20.8. The first-order valence-electron chi connectivity index (χ1n) is 8.96. The molecule has 3 rings (SSSR count). The molecule has 2 aliphatic heterocycles. The molecule has 2 N–H and O–H groups in total. The van der Waals surface area contributed by atoms with Gasteiger partial charge in [0.15, 0.2) is 5.76 Å². The summed E-state index contributed by atoms with van der Waals surface area (Å²) in [6.45, 7) is 5.90. The summed E-state index contributed by atoms with van der Waals surface area (Å²) in [5.74, 6) is 0.567. The van der Waals surface area contributed by atoms with E-state index in [9.17, 15) is 13.2 Å². The third-order valence-corrected chi connectivity index (χ3v) is 7.34. The maximum absolute atomic E-state index is 12.7. The van der Waals surface area contributed by atoms with Gasteiger partial charge in [0.25, 0.3) is 5.91 Å². The summed E-state index contributed by atoms with van der Waals surface area (Å²) in [7, 11) is -3.58. The van der Waals surface area contributed by atoms with E-state index in [1.54, 1.807) is 11.8 Å². The number of hydrogen-bond acceptors (Lipinski definition) is 5. The van der Waals surface area contributed by atoms with Crippen LogP contribution in [-0.4, -0.2) is 55.8 Å². The Labute approximate surface area is 161 Å². The number of amides is 1. The molecule has 0 aliphatic carbocycles. The smallest absolute Gasteiger partial charge is 0.289 e. The van der Waals surface area contributed by atoms with Gasteiger partial charge >= 0.3 is 0 Å². The topological polar surface area (TPSA) is 96.8 Å². The number of halogens is 1. The number of likely N-dealkylation sites (tertiary alicyclic amines) is 1. The van der Waals surface area contributed by atoms with Crippen LogP contribution in [0.2, 0.25) is 0 Å². The Bertz CT molecular complexity index is 733. The molecule has 1 atom stereocenters. The molecule has 7 nitrogen and oxygen atoms in total. The van der Waals surface area contributed by atoms with E-state index in [-0.39, 0.29) is 40.8 Å². The minimum atomic E-state index is -3.58. The summed E-state index contributed by atoms with van der Waals surface area (Å²) in [5.41, 5.74) is 5.94. The number of carbonyl (C=O) groups is 1. The molecule has 1 aromatic heterocycles. The lowest BCUT2D eigenvalue weighted by Crippen LogP contribution is -2.42. The van der Waals surface area contributed by atoms with Crippen LogP contribution >= 0.6 is 12.4 Å². The van der Waals surface area contributed by atoms with E-state index in [1.807, 2.05) is 6.92 Å². The molecular formula is C17H28ClN3O4S. The Morgan fingerprint density at radius 2 is 1.81 bits per heavy atom. The molecular weight excluding hydrogens is 378 g/mol. The van der Waals surface area contributed by atoms with E-state index in [1.165, 1.54) is 10.4 Å². The molecule has 148 valence electrons. The monoisotopic (exact) mass is 405 g/mol. The Hall–Kier alpha value is -1.09. The minimum Gasteiger partial charge on any atom is -0.455 e. The second kappa shape index (κ2) is 8.29. The number of carbonyl (C=O) groups excluding carboxylic acids is 1. The predicted molar refractivity (Wildman–Crippen MR) is 101 cm³/mol. The van der Waals surface area contributed by atoms with Crippen molar-refractivity contribution in [2.45, 2.75) is 50.5 Å². The number of nitrogens with two attached hydrogens (primary N) is 1. The van der Waals surface area contributed by atoms with E-state index >= 15 is 0 Å². The molecule has 2 aliphatic rings. The number of nitrogens with zero attached hydrogens (tertiary/aromatic N) is 2. The van der Waals surface area contributed by atoms with Gasteiger partial charge in [0, 0.05) is 38.3 Å². The Morgan fingerprint density at radius 1 is 1.23 bits per heavy atom. The average molecular weight is 406 g/mol. The maximum Gasteiger partial charge on any atom is 0.289 e. The second-order valence-corrected chi connectivity index (χ2v) is 9.04. The minimum absolute atomic E-state index is 0. The van der Waals surface area contributed by atoms with Gasteiger partial charge in [-0.2, -0.15) is 4.31 Å². The maximum atomic E-state index is 12.7. The molecule has 0 bridgehead atoms. The summed E-state index contributed by atoms with van der Waals surface area (Å²) in [5, 5.41) is 0. The zero-order valence-electron chi connectivity index (χ0n) is 15.3.